The minimum atomic E-state index is -3.39. The number of fused-ring (bicyclic) bond motifs is 1. The maximum atomic E-state index is 12.3. The number of rotatable bonds is 6. The van der Waals surface area contributed by atoms with Crippen molar-refractivity contribution in [2.45, 2.75) is 30.6 Å². The Hall–Kier alpha value is -1.11. The Balaban J connectivity index is 1.53. The molecule has 116 valence electrons. The van der Waals surface area contributed by atoms with Gasteiger partial charge in [-0.1, -0.05) is 6.07 Å². The van der Waals surface area contributed by atoms with Crippen LogP contribution in [-0.2, 0) is 16.4 Å². The number of benzene rings is 1. The molecule has 3 rings (SSSR count). The van der Waals surface area contributed by atoms with Crippen LogP contribution in [0.1, 0.15) is 24.8 Å². The first kappa shape index (κ1) is 14.8. The highest BCUT2D eigenvalue weighted by atomic mass is 32.2. The summed E-state index contributed by atoms with van der Waals surface area (Å²) in [5.41, 5.74) is 2.15. The van der Waals surface area contributed by atoms with Gasteiger partial charge in [0.1, 0.15) is 0 Å². The zero-order chi connectivity index (χ0) is 14.7. The van der Waals surface area contributed by atoms with Crippen LogP contribution in [0.15, 0.2) is 23.1 Å². The van der Waals surface area contributed by atoms with Crippen molar-refractivity contribution in [3.8, 4) is 0 Å². The molecule has 0 atom stereocenters. The van der Waals surface area contributed by atoms with Gasteiger partial charge >= 0.3 is 0 Å². The van der Waals surface area contributed by atoms with E-state index in [4.69, 9.17) is 0 Å². The van der Waals surface area contributed by atoms with Crippen LogP contribution in [0.25, 0.3) is 0 Å². The van der Waals surface area contributed by atoms with Gasteiger partial charge in [0.05, 0.1) is 4.90 Å². The number of anilines is 1. The van der Waals surface area contributed by atoms with Gasteiger partial charge in [-0.15, -0.1) is 0 Å². The summed E-state index contributed by atoms with van der Waals surface area (Å²) in [6.45, 7) is 4.69. The number of hydrogen-bond donors (Lipinski definition) is 2. The van der Waals surface area contributed by atoms with Crippen molar-refractivity contribution < 1.29 is 8.42 Å². The monoisotopic (exact) mass is 309 g/mol. The third-order valence-corrected chi connectivity index (χ3v) is 5.70. The summed E-state index contributed by atoms with van der Waals surface area (Å²) in [7, 11) is -3.39. The van der Waals surface area contributed by atoms with Crippen LogP contribution in [0.4, 0.5) is 5.69 Å². The highest BCUT2D eigenvalue weighted by molar-refractivity contribution is 7.89. The van der Waals surface area contributed by atoms with Crippen LogP contribution in [-0.4, -0.2) is 46.0 Å². The summed E-state index contributed by atoms with van der Waals surface area (Å²) < 4.78 is 27.3. The number of likely N-dealkylation sites (tertiary alicyclic amines) is 1. The molecule has 0 amide bonds. The van der Waals surface area contributed by atoms with E-state index in [1.165, 1.54) is 18.4 Å². The van der Waals surface area contributed by atoms with E-state index in [0.717, 1.165) is 44.7 Å². The fourth-order valence-corrected chi connectivity index (χ4v) is 4.14. The predicted molar refractivity (Wildman–Crippen MR) is 84.1 cm³/mol. The number of hydrogen-bond acceptors (Lipinski definition) is 4. The van der Waals surface area contributed by atoms with Gasteiger partial charge in [-0.25, -0.2) is 13.1 Å². The van der Waals surface area contributed by atoms with Crippen molar-refractivity contribution in [1.82, 2.24) is 9.62 Å². The van der Waals surface area contributed by atoms with Crippen molar-refractivity contribution in [1.29, 1.82) is 0 Å². The van der Waals surface area contributed by atoms with E-state index in [-0.39, 0.29) is 0 Å². The zero-order valence-electron chi connectivity index (χ0n) is 12.3. The molecule has 2 aliphatic heterocycles. The van der Waals surface area contributed by atoms with Gasteiger partial charge in [0.25, 0.3) is 0 Å². The predicted octanol–water partition coefficient (Wildman–Crippen LogP) is 1.42. The van der Waals surface area contributed by atoms with Gasteiger partial charge in [-0.05, 0) is 63.0 Å². The molecule has 2 aliphatic rings. The number of nitrogens with one attached hydrogen (secondary N) is 2. The molecular weight excluding hydrogens is 286 g/mol. The summed E-state index contributed by atoms with van der Waals surface area (Å²) in [6, 6.07) is 5.36. The van der Waals surface area contributed by atoms with E-state index in [0.29, 0.717) is 11.4 Å². The normalized spacial score (nSPS) is 18.7. The maximum absolute atomic E-state index is 12.3. The standard InChI is InChI=1S/C15H23N3O2S/c19-21(20,17-7-3-11-18-9-1-2-10-18)14-5-4-13-6-8-16-15(13)12-14/h4-5,12,16-17H,1-3,6-11H2. The largest absolute Gasteiger partial charge is 0.384 e. The smallest absolute Gasteiger partial charge is 0.240 e. The molecule has 0 unspecified atom stereocenters. The van der Waals surface area contributed by atoms with Crippen molar-refractivity contribution in [3.05, 3.63) is 23.8 Å². The number of nitrogens with zero attached hydrogens (tertiary/aromatic N) is 1. The van der Waals surface area contributed by atoms with Gasteiger partial charge < -0.3 is 10.2 Å². The Labute approximate surface area is 126 Å². The summed E-state index contributed by atoms with van der Waals surface area (Å²) in [5, 5.41) is 3.22. The SMILES string of the molecule is O=S(=O)(NCCCN1CCCC1)c1ccc2c(c1)NCC2. The summed E-state index contributed by atoms with van der Waals surface area (Å²) in [4.78, 5) is 2.75. The lowest BCUT2D eigenvalue weighted by molar-refractivity contribution is 0.334. The molecule has 0 aliphatic carbocycles. The Morgan fingerprint density at radius 3 is 2.86 bits per heavy atom. The van der Waals surface area contributed by atoms with Gasteiger partial charge in [0.2, 0.25) is 10.0 Å². The maximum Gasteiger partial charge on any atom is 0.240 e. The minimum absolute atomic E-state index is 0.358. The molecule has 0 radical (unpaired) electrons. The number of sulfonamides is 1. The molecule has 1 aromatic rings. The molecule has 0 bridgehead atoms. The van der Waals surface area contributed by atoms with Crippen LogP contribution in [0.5, 0.6) is 0 Å². The quantitative estimate of drug-likeness (QED) is 0.780. The van der Waals surface area contributed by atoms with E-state index in [1.54, 1.807) is 12.1 Å². The van der Waals surface area contributed by atoms with Crippen LogP contribution in [0.3, 0.4) is 0 Å². The second-order valence-corrected chi connectivity index (χ2v) is 7.56. The second kappa shape index (κ2) is 6.34. The van der Waals surface area contributed by atoms with E-state index in [1.807, 2.05) is 6.07 Å². The molecule has 0 spiro atoms. The molecule has 1 aromatic carbocycles. The first-order valence-electron chi connectivity index (χ1n) is 7.74. The van der Waals surface area contributed by atoms with Crippen LogP contribution in [0.2, 0.25) is 0 Å². The average molecular weight is 309 g/mol. The molecule has 5 nitrogen and oxygen atoms in total. The van der Waals surface area contributed by atoms with Crippen molar-refractivity contribution >= 4 is 15.7 Å². The molecule has 21 heavy (non-hydrogen) atoms. The third-order valence-electron chi connectivity index (χ3n) is 4.24. The fraction of sp³-hybridized carbons (Fsp3) is 0.600. The third kappa shape index (κ3) is 3.56. The Bertz CT molecular complexity index is 595. The van der Waals surface area contributed by atoms with E-state index in [9.17, 15) is 8.42 Å². The lowest BCUT2D eigenvalue weighted by Gasteiger charge is -2.14. The minimum Gasteiger partial charge on any atom is -0.384 e. The summed E-state index contributed by atoms with van der Waals surface area (Å²) >= 11 is 0. The van der Waals surface area contributed by atoms with Crippen molar-refractivity contribution in [2.75, 3.05) is 38.0 Å². The molecule has 0 saturated carbocycles. The van der Waals surface area contributed by atoms with E-state index >= 15 is 0 Å². The van der Waals surface area contributed by atoms with Crippen molar-refractivity contribution in [3.63, 3.8) is 0 Å². The lowest BCUT2D eigenvalue weighted by Crippen LogP contribution is -2.28. The highest BCUT2D eigenvalue weighted by Crippen LogP contribution is 2.25. The fourth-order valence-electron chi connectivity index (χ4n) is 3.04. The van der Waals surface area contributed by atoms with Gasteiger partial charge in [-0.3, -0.25) is 0 Å². The molecule has 0 aromatic heterocycles. The Morgan fingerprint density at radius 2 is 2.05 bits per heavy atom. The Kier molecular flexibility index (Phi) is 4.47. The summed E-state index contributed by atoms with van der Waals surface area (Å²) in [5.74, 6) is 0. The molecule has 2 heterocycles. The van der Waals surface area contributed by atoms with E-state index in [2.05, 4.69) is 14.9 Å². The van der Waals surface area contributed by atoms with Crippen LogP contribution < -0.4 is 10.0 Å². The zero-order valence-corrected chi connectivity index (χ0v) is 13.1. The molecule has 6 heteroatoms. The first-order valence-corrected chi connectivity index (χ1v) is 9.22. The highest BCUT2D eigenvalue weighted by Gasteiger charge is 2.18. The molecular formula is C15H23N3O2S. The van der Waals surface area contributed by atoms with Crippen LogP contribution in [0, 0.1) is 0 Å². The topological polar surface area (TPSA) is 61.4 Å². The lowest BCUT2D eigenvalue weighted by atomic mass is 10.2. The summed E-state index contributed by atoms with van der Waals surface area (Å²) in [6.07, 6.45) is 4.38. The Morgan fingerprint density at radius 1 is 1.24 bits per heavy atom. The average Bonchev–Trinajstić information content (AvgIpc) is 3.13. The molecule has 1 fully saturated rings. The van der Waals surface area contributed by atoms with Gasteiger partial charge in [0, 0.05) is 18.8 Å². The van der Waals surface area contributed by atoms with Gasteiger partial charge in [-0.2, -0.15) is 0 Å². The molecule has 1 saturated heterocycles. The van der Waals surface area contributed by atoms with Gasteiger partial charge in [0.15, 0.2) is 0 Å². The van der Waals surface area contributed by atoms with E-state index < -0.39 is 10.0 Å². The van der Waals surface area contributed by atoms with Crippen LogP contribution >= 0.6 is 0 Å². The molecule has 2 N–H and O–H groups in total. The second-order valence-electron chi connectivity index (χ2n) is 5.80. The first-order chi connectivity index (χ1) is 10.1. The van der Waals surface area contributed by atoms with Crippen molar-refractivity contribution in [2.24, 2.45) is 0 Å².